The van der Waals surface area contributed by atoms with Crippen molar-refractivity contribution in [2.75, 3.05) is 7.11 Å². The van der Waals surface area contributed by atoms with Gasteiger partial charge in [0.15, 0.2) is 0 Å². The fraction of sp³-hybridized carbons (Fsp3) is 1.00. The van der Waals surface area contributed by atoms with Crippen LogP contribution in [0.4, 0.5) is 0 Å². The molecule has 152 valence electrons. The molecule has 6 atom stereocenters. The maximum absolute atomic E-state index is 6.21. The van der Waals surface area contributed by atoms with Gasteiger partial charge in [0.2, 0.25) is 0 Å². The van der Waals surface area contributed by atoms with Gasteiger partial charge in [0.1, 0.15) is 0 Å². The standard InChI is InChI=1S/C25H46O/c1-16-12-17-10-9-11-19(20(17)13-16)18-14-21(24(2,3)4)23(26-8)22(15-18)25(5,6)7/h16-23H,9-15H2,1-8H3. The fourth-order valence-electron chi connectivity index (χ4n) is 7.38. The summed E-state index contributed by atoms with van der Waals surface area (Å²) in [6.07, 6.45) is 10.8. The molecule has 0 aromatic heterocycles. The highest BCUT2D eigenvalue weighted by molar-refractivity contribution is 5.00. The number of fused-ring (bicyclic) bond motifs is 1. The zero-order chi connectivity index (χ0) is 19.3. The smallest absolute Gasteiger partial charge is 0.0637 e. The molecule has 3 aliphatic rings. The SMILES string of the molecule is COC1C(C(C)(C)C)CC(C2CCCC3CC(C)CC32)CC1C(C)(C)C. The molecule has 0 aromatic carbocycles. The van der Waals surface area contributed by atoms with E-state index in [0.29, 0.717) is 28.8 Å². The lowest BCUT2D eigenvalue weighted by atomic mass is 9.54. The minimum atomic E-state index is 0.333. The summed E-state index contributed by atoms with van der Waals surface area (Å²) in [5.74, 6) is 6.34. The van der Waals surface area contributed by atoms with Gasteiger partial charge in [-0.25, -0.2) is 0 Å². The quantitative estimate of drug-likeness (QED) is 0.504. The van der Waals surface area contributed by atoms with Gasteiger partial charge in [0, 0.05) is 7.11 Å². The van der Waals surface area contributed by atoms with Crippen LogP contribution in [0.5, 0.6) is 0 Å². The Morgan fingerprint density at radius 1 is 0.692 bits per heavy atom. The molecule has 0 bridgehead atoms. The Morgan fingerprint density at radius 3 is 1.77 bits per heavy atom. The molecule has 0 N–H and O–H groups in total. The van der Waals surface area contributed by atoms with Gasteiger partial charge >= 0.3 is 0 Å². The van der Waals surface area contributed by atoms with E-state index in [2.05, 4.69) is 48.5 Å². The molecular formula is C25H46O. The lowest BCUT2D eigenvalue weighted by Crippen LogP contribution is -2.50. The summed E-state index contributed by atoms with van der Waals surface area (Å²) in [5, 5.41) is 0. The van der Waals surface area contributed by atoms with E-state index in [9.17, 15) is 0 Å². The molecule has 3 rings (SSSR count). The van der Waals surface area contributed by atoms with Crippen molar-refractivity contribution < 1.29 is 4.74 Å². The first-order valence-electron chi connectivity index (χ1n) is 11.5. The predicted molar refractivity (Wildman–Crippen MR) is 112 cm³/mol. The lowest BCUT2D eigenvalue weighted by molar-refractivity contribution is -0.118. The van der Waals surface area contributed by atoms with E-state index < -0.39 is 0 Å². The van der Waals surface area contributed by atoms with Crippen LogP contribution in [0.2, 0.25) is 0 Å². The highest BCUT2D eigenvalue weighted by Gasteiger charge is 2.51. The normalized spacial score (nSPS) is 44.8. The van der Waals surface area contributed by atoms with Gasteiger partial charge in [-0.15, -0.1) is 0 Å². The summed E-state index contributed by atoms with van der Waals surface area (Å²) in [6.45, 7) is 17.2. The summed E-state index contributed by atoms with van der Waals surface area (Å²) in [5.41, 5.74) is 0.666. The van der Waals surface area contributed by atoms with Crippen molar-refractivity contribution in [3.8, 4) is 0 Å². The summed E-state index contributed by atoms with van der Waals surface area (Å²) in [6, 6.07) is 0. The van der Waals surface area contributed by atoms with Crippen molar-refractivity contribution in [1.82, 2.24) is 0 Å². The molecule has 6 unspecified atom stereocenters. The minimum absolute atomic E-state index is 0.333. The number of ether oxygens (including phenoxy) is 1. The van der Waals surface area contributed by atoms with Crippen LogP contribution < -0.4 is 0 Å². The van der Waals surface area contributed by atoms with Crippen molar-refractivity contribution in [2.45, 2.75) is 99.5 Å². The van der Waals surface area contributed by atoms with Gasteiger partial charge in [-0.3, -0.25) is 0 Å². The number of hydrogen-bond donors (Lipinski definition) is 0. The third-order valence-corrected chi connectivity index (χ3v) is 8.66. The first kappa shape index (κ1) is 20.7. The van der Waals surface area contributed by atoms with Gasteiger partial charge in [-0.05, 0) is 84.4 Å². The van der Waals surface area contributed by atoms with E-state index in [1.807, 2.05) is 7.11 Å². The predicted octanol–water partition coefficient (Wildman–Crippen LogP) is 7.20. The lowest BCUT2D eigenvalue weighted by Gasteiger charge is -2.53. The van der Waals surface area contributed by atoms with Crippen molar-refractivity contribution >= 4 is 0 Å². The zero-order valence-electron chi connectivity index (χ0n) is 19.0. The maximum atomic E-state index is 6.21. The van der Waals surface area contributed by atoms with Gasteiger partial charge in [-0.2, -0.15) is 0 Å². The molecule has 26 heavy (non-hydrogen) atoms. The van der Waals surface area contributed by atoms with E-state index in [-0.39, 0.29) is 0 Å². The first-order valence-corrected chi connectivity index (χ1v) is 11.5. The van der Waals surface area contributed by atoms with Crippen molar-refractivity contribution in [2.24, 2.45) is 52.3 Å². The monoisotopic (exact) mass is 362 g/mol. The molecule has 3 fully saturated rings. The molecule has 0 saturated heterocycles. The summed E-state index contributed by atoms with van der Waals surface area (Å²) >= 11 is 0. The number of methoxy groups -OCH3 is 1. The van der Waals surface area contributed by atoms with E-state index in [4.69, 9.17) is 4.74 Å². The fourth-order valence-corrected chi connectivity index (χ4v) is 7.38. The molecule has 1 nitrogen and oxygen atoms in total. The van der Waals surface area contributed by atoms with Crippen molar-refractivity contribution in [3.63, 3.8) is 0 Å². The number of hydrogen-bond acceptors (Lipinski definition) is 1. The molecule has 0 aromatic rings. The average Bonchev–Trinajstić information content (AvgIpc) is 2.91. The molecule has 0 heterocycles. The van der Waals surface area contributed by atoms with Crippen molar-refractivity contribution in [1.29, 1.82) is 0 Å². The largest absolute Gasteiger partial charge is 0.381 e. The topological polar surface area (TPSA) is 9.23 Å². The van der Waals surface area contributed by atoms with Crippen LogP contribution in [0.15, 0.2) is 0 Å². The van der Waals surface area contributed by atoms with Gasteiger partial charge in [-0.1, -0.05) is 61.3 Å². The highest BCUT2D eigenvalue weighted by atomic mass is 16.5. The summed E-state index contributed by atoms with van der Waals surface area (Å²) in [7, 11) is 1.97. The molecule has 0 amide bonds. The molecule has 0 aliphatic heterocycles. The second-order valence-corrected chi connectivity index (χ2v) is 12.5. The highest BCUT2D eigenvalue weighted by Crippen LogP contribution is 2.57. The Bertz CT molecular complexity index is 444. The molecule has 0 spiro atoms. The summed E-state index contributed by atoms with van der Waals surface area (Å²) in [4.78, 5) is 0. The Morgan fingerprint density at radius 2 is 1.27 bits per heavy atom. The van der Waals surface area contributed by atoms with Gasteiger partial charge < -0.3 is 4.74 Å². The van der Waals surface area contributed by atoms with Gasteiger partial charge in [0.25, 0.3) is 0 Å². The second-order valence-electron chi connectivity index (χ2n) is 12.5. The Labute approximate surface area is 164 Å². The molecule has 0 radical (unpaired) electrons. The Hall–Kier alpha value is -0.0400. The van der Waals surface area contributed by atoms with Crippen LogP contribution >= 0.6 is 0 Å². The van der Waals surface area contributed by atoms with Crippen LogP contribution in [0.3, 0.4) is 0 Å². The molecule has 3 aliphatic carbocycles. The minimum Gasteiger partial charge on any atom is -0.381 e. The van der Waals surface area contributed by atoms with E-state index in [0.717, 1.165) is 29.6 Å². The second kappa shape index (κ2) is 7.41. The maximum Gasteiger partial charge on any atom is 0.0637 e. The van der Waals surface area contributed by atoms with Crippen LogP contribution in [-0.2, 0) is 4.74 Å². The molecule has 1 heteroatoms. The van der Waals surface area contributed by atoms with E-state index >= 15 is 0 Å². The van der Waals surface area contributed by atoms with Crippen LogP contribution in [0.1, 0.15) is 93.4 Å². The summed E-state index contributed by atoms with van der Waals surface area (Å²) < 4.78 is 6.21. The number of rotatable bonds is 2. The Balaban J connectivity index is 1.87. The van der Waals surface area contributed by atoms with Crippen LogP contribution in [-0.4, -0.2) is 13.2 Å². The molecular weight excluding hydrogens is 316 g/mol. The molecule has 3 saturated carbocycles. The first-order chi connectivity index (χ1) is 12.0. The third-order valence-electron chi connectivity index (χ3n) is 8.66. The van der Waals surface area contributed by atoms with Crippen LogP contribution in [0.25, 0.3) is 0 Å². The average molecular weight is 363 g/mol. The van der Waals surface area contributed by atoms with E-state index in [1.54, 1.807) is 0 Å². The zero-order valence-corrected chi connectivity index (χ0v) is 19.0. The van der Waals surface area contributed by atoms with Crippen LogP contribution in [0, 0.1) is 52.3 Å². The van der Waals surface area contributed by atoms with Crippen molar-refractivity contribution in [3.05, 3.63) is 0 Å². The van der Waals surface area contributed by atoms with E-state index in [1.165, 1.54) is 44.9 Å². The third kappa shape index (κ3) is 4.03. The van der Waals surface area contributed by atoms with Gasteiger partial charge in [0.05, 0.1) is 6.10 Å². The Kier molecular flexibility index (Phi) is 5.90.